The van der Waals surface area contributed by atoms with Gasteiger partial charge in [0.2, 0.25) is 0 Å². The topological polar surface area (TPSA) is 50.4 Å². The Hall–Kier alpha value is -0.730. The van der Waals surface area contributed by atoms with Crippen molar-refractivity contribution in [1.82, 2.24) is 5.32 Å². The first kappa shape index (κ1) is 10.8. The first-order chi connectivity index (χ1) is 7.16. The minimum absolute atomic E-state index is 0.605. The second-order valence-electron chi connectivity index (χ2n) is 5.40. The fraction of sp³-hybridized carbons (Fsp3) is 0.917. The quantitative estimate of drug-likeness (QED) is 0.547. The van der Waals surface area contributed by atoms with Crippen LogP contribution in [0.4, 0.5) is 0 Å². The molecule has 86 valence electrons. The summed E-state index contributed by atoms with van der Waals surface area (Å²) in [7, 11) is 0. The maximum atomic E-state index is 5.82. The van der Waals surface area contributed by atoms with Gasteiger partial charge in [0.25, 0.3) is 0 Å². The molecule has 2 aliphatic carbocycles. The van der Waals surface area contributed by atoms with Crippen molar-refractivity contribution in [3.63, 3.8) is 0 Å². The first-order valence-electron chi connectivity index (χ1n) is 6.23. The van der Waals surface area contributed by atoms with E-state index in [9.17, 15) is 0 Å². The highest BCUT2D eigenvalue weighted by Crippen LogP contribution is 2.44. The molecule has 0 aliphatic heterocycles. The predicted octanol–water partition coefficient (Wildman–Crippen LogP) is 1.74. The lowest BCUT2D eigenvalue weighted by Crippen LogP contribution is -2.43. The predicted molar refractivity (Wildman–Crippen MR) is 63.7 cm³/mol. The summed E-state index contributed by atoms with van der Waals surface area (Å²) in [6, 6.07) is 0.605. The zero-order valence-electron chi connectivity index (χ0n) is 9.87. The second kappa shape index (κ2) is 4.42. The molecule has 0 saturated heterocycles. The van der Waals surface area contributed by atoms with Gasteiger partial charge in [0.05, 0.1) is 0 Å². The highest BCUT2D eigenvalue weighted by molar-refractivity contribution is 5.78. The summed E-state index contributed by atoms with van der Waals surface area (Å²) in [4.78, 5) is 4.42. The van der Waals surface area contributed by atoms with E-state index in [1.165, 1.54) is 25.7 Å². The molecule has 0 aromatic carbocycles. The van der Waals surface area contributed by atoms with Crippen LogP contribution in [0.25, 0.3) is 0 Å². The Kier molecular flexibility index (Phi) is 3.17. The second-order valence-corrected chi connectivity index (χ2v) is 5.40. The fourth-order valence-electron chi connectivity index (χ4n) is 2.32. The molecule has 3 nitrogen and oxygen atoms in total. The molecule has 2 aliphatic rings. The molecular formula is C12H23N3. The van der Waals surface area contributed by atoms with Gasteiger partial charge >= 0.3 is 0 Å². The minimum Gasteiger partial charge on any atom is -0.370 e. The van der Waals surface area contributed by atoms with Crippen molar-refractivity contribution >= 4 is 5.96 Å². The van der Waals surface area contributed by atoms with Crippen molar-refractivity contribution in [3.05, 3.63) is 0 Å². The van der Waals surface area contributed by atoms with Crippen molar-refractivity contribution in [3.8, 4) is 0 Å². The Morgan fingerprint density at radius 3 is 2.67 bits per heavy atom. The average molecular weight is 209 g/mol. The van der Waals surface area contributed by atoms with E-state index in [2.05, 4.69) is 24.2 Å². The average Bonchev–Trinajstić information content (AvgIpc) is 2.87. The number of rotatable bonds is 4. The molecule has 0 amide bonds. The van der Waals surface area contributed by atoms with Gasteiger partial charge < -0.3 is 11.1 Å². The molecule has 0 bridgehead atoms. The highest BCUT2D eigenvalue weighted by Gasteiger charge is 2.38. The molecule has 0 aromatic rings. The van der Waals surface area contributed by atoms with E-state index in [0.29, 0.717) is 12.0 Å². The minimum atomic E-state index is 0.605. The Labute approximate surface area is 92.5 Å². The van der Waals surface area contributed by atoms with Crippen molar-refractivity contribution in [2.45, 2.75) is 45.6 Å². The van der Waals surface area contributed by atoms with Crippen LogP contribution in [-0.2, 0) is 0 Å². The van der Waals surface area contributed by atoms with Crippen molar-refractivity contribution in [2.24, 2.45) is 28.5 Å². The molecule has 2 fully saturated rings. The standard InChI is InChI=1S/C12H23N3/c1-8(2)11-6-9(11)7-14-12(13)15-10-4-3-5-10/h8-11H,3-7H2,1-2H3,(H3,13,14,15)/t9-,11-/m0/s1. The van der Waals surface area contributed by atoms with Crippen LogP contribution in [-0.4, -0.2) is 18.5 Å². The monoisotopic (exact) mass is 209 g/mol. The van der Waals surface area contributed by atoms with Gasteiger partial charge in [-0.15, -0.1) is 0 Å². The smallest absolute Gasteiger partial charge is 0.188 e. The number of hydrogen-bond acceptors (Lipinski definition) is 1. The van der Waals surface area contributed by atoms with Crippen LogP contribution in [0, 0.1) is 17.8 Å². The Balaban J connectivity index is 1.65. The number of hydrogen-bond donors (Lipinski definition) is 2. The lowest BCUT2D eigenvalue weighted by Gasteiger charge is -2.26. The van der Waals surface area contributed by atoms with Gasteiger partial charge in [-0.3, -0.25) is 4.99 Å². The Morgan fingerprint density at radius 1 is 1.47 bits per heavy atom. The zero-order valence-corrected chi connectivity index (χ0v) is 9.87. The maximum Gasteiger partial charge on any atom is 0.188 e. The summed E-state index contributed by atoms with van der Waals surface area (Å²) < 4.78 is 0. The third-order valence-corrected chi connectivity index (χ3v) is 3.79. The largest absolute Gasteiger partial charge is 0.370 e. The summed E-state index contributed by atoms with van der Waals surface area (Å²) >= 11 is 0. The Bertz CT molecular complexity index is 243. The van der Waals surface area contributed by atoms with Gasteiger partial charge in [0, 0.05) is 12.6 Å². The molecule has 15 heavy (non-hydrogen) atoms. The number of nitrogens with zero attached hydrogens (tertiary/aromatic N) is 1. The van der Waals surface area contributed by atoms with Crippen molar-refractivity contribution in [1.29, 1.82) is 0 Å². The molecule has 3 heteroatoms. The van der Waals surface area contributed by atoms with Gasteiger partial charge in [-0.2, -0.15) is 0 Å². The molecule has 0 radical (unpaired) electrons. The van der Waals surface area contributed by atoms with Crippen molar-refractivity contribution < 1.29 is 0 Å². The molecule has 0 aromatic heterocycles. The summed E-state index contributed by atoms with van der Waals surface area (Å²) in [5, 5.41) is 3.27. The van der Waals surface area contributed by atoms with Gasteiger partial charge in [-0.25, -0.2) is 0 Å². The molecule has 2 rings (SSSR count). The van der Waals surface area contributed by atoms with E-state index in [4.69, 9.17) is 5.73 Å². The van der Waals surface area contributed by atoms with E-state index in [1.54, 1.807) is 0 Å². The number of guanidine groups is 1. The molecule has 2 atom stereocenters. The number of nitrogens with two attached hydrogens (primary N) is 1. The van der Waals surface area contributed by atoms with Gasteiger partial charge in [0.1, 0.15) is 0 Å². The summed E-state index contributed by atoms with van der Waals surface area (Å²) in [5.41, 5.74) is 5.82. The van der Waals surface area contributed by atoms with Crippen LogP contribution in [0.2, 0.25) is 0 Å². The number of nitrogens with one attached hydrogen (secondary N) is 1. The fourth-order valence-corrected chi connectivity index (χ4v) is 2.32. The van der Waals surface area contributed by atoms with Crippen LogP contribution >= 0.6 is 0 Å². The molecule has 2 saturated carbocycles. The molecule has 0 heterocycles. The lowest BCUT2D eigenvalue weighted by atomic mass is 9.93. The lowest BCUT2D eigenvalue weighted by molar-refractivity contribution is 0.382. The third kappa shape index (κ3) is 2.86. The van der Waals surface area contributed by atoms with Crippen LogP contribution < -0.4 is 11.1 Å². The van der Waals surface area contributed by atoms with Crippen LogP contribution in [0.15, 0.2) is 4.99 Å². The summed E-state index contributed by atoms with van der Waals surface area (Å²) in [6.07, 6.45) is 5.20. The maximum absolute atomic E-state index is 5.82. The van der Waals surface area contributed by atoms with Crippen LogP contribution in [0.5, 0.6) is 0 Å². The van der Waals surface area contributed by atoms with E-state index >= 15 is 0 Å². The molecular weight excluding hydrogens is 186 g/mol. The summed E-state index contributed by atoms with van der Waals surface area (Å²) in [6.45, 7) is 5.52. The normalized spacial score (nSPS) is 31.5. The van der Waals surface area contributed by atoms with E-state index in [1.807, 2.05) is 0 Å². The van der Waals surface area contributed by atoms with E-state index in [-0.39, 0.29) is 0 Å². The van der Waals surface area contributed by atoms with Gasteiger partial charge in [-0.05, 0) is 43.4 Å². The highest BCUT2D eigenvalue weighted by atomic mass is 15.1. The van der Waals surface area contributed by atoms with E-state index < -0.39 is 0 Å². The zero-order chi connectivity index (χ0) is 10.8. The SMILES string of the molecule is CC(C)[C@@H]1C[C@H]1CN=C(N)NC1CCC1. The number of aliphatic imine (C=N–C) groups is 1. The molecule has 0 unspecified atom stereocenters. The van der Waals surface area contributed by atoms with Crippen LogP contribution in [0.1, 0.15) is 39.5 Å². The molecule has 3 N–H and O–H groups in total. The Morgan fingerprint density at radius 2 is 2.20 bits per heavy atom. The van der Waals surface area contributed by atoms with Crippen LogP contribution in [0.3, 0.4) is 0 Å². The molecule has 0 spiro atoms. The van der Waals surface area contributed by atoms with Gasteiger partial charge in [0.15, 0.2) is 5.96 Å². The summed E-state index contributed by atoms with van der Waals surface area (Å²) in [5.74, 6) is 3.16. The van der Waals surface area contributed by atoms with E-state index in [0.717, 1.165) is 24.3 Å². The van der Waals surface area contributed by atoms with Crippen molar-refractivity contribution in [2.75, 3.05) is 6.54 Å². The third-order valence-electron chi connectivity index (χ3n) is 3.79. The first-order valence-corrected chi connectivity index (χ1v) is 6.23. The van der Waals surface area contributed by atoms with Gasteiger partial charge in [-0.1, -0.05) is 13.8 Å².